The summed E-state index contributed by atoms with van der Waals surface area (Å²) in [7, 11) is 1.69. The van der Waals surface area contributed by atoms with E-state index in [4.69, 9.17) is 4.74 Å². The van der Waals surface area contributed by atoms with Crippen molar-refractivity contribution in [3.8, 4) is 5.75 Å². The van der Waals surface area contributed by atoms with Gasteiger partial charge in [0.15, 0.2) is 0 Å². The van der Waals surface area contributed by atoms with Gasteiger partial charge in [-0.15, -0.1) is 0 Å². The van der Waals surface area contributed by atoms with E-state index in [9.17, 15) is 4.79 Å². The van der Waals surface area contributed by atoms with Crippen LogP contribution in [0.4, 0.5) is 0 Å². The molecule has 0 saturated carbocycles. The summed E-state index contributed by atoms with van der Waals surface area (Å²) in [4.78, 5) is 16.6. The standard InChI is InChI=1S/C30H35N3O2/c1-24(25-13-15-28(35-2)16-14-25)33(22-21-32-20-18-31-30(34)23-32)19-17-29(26-9-5-3-6-10-26)27-11-7-4-8-12-27/h3-17,24H,18-23H2,1-2H3,(H,31,34)/t24-/m1/s1. The second-order valence-corrected chi connectivity index (χ2v) is 8.92. The molecule has 5 nitrogen and oxygen atoms in total. The van der Waals surface area contributed by atoms with Gasteiger partial charge in [-0.1, -0.05) is 78.9 Å². The van der Waals surface area contributed by atoms with Crippen molar-refractivity contribution in [3.05, 3.63) is 108 Å². The Bertz CT molecular complexity index is 1060. The molecule has 0 aromatic heterocycles. The highest BCUT2D eigenvalue weighted by Crippen LogP contribution is 2.26. The molecule has 1 atom stereocenters. The van der Waals surface area contributed by atoms with Crippen LogP contribution < -0.4 is 10.1 Å². The molecule has 0 unspecified atom stereocenters. The second-order valence-electron chi connectivity index (χ2n) is 8.92. The zero-order valence-electron chi connectivity index (χ0n) is 20.7. The number of piperazine rings is 1. The maximum absolute atomic E-state index is 11.9. The molecule has 1 N–H and O–H groups in total. The van der Waals surface area contributed by atoms with Crippen LogP contribution in [-0.2, 0) is 4.79 Å². The van der Waals surface area contributed by atoms with Crippen LogP contribution >= 0.6 is 0 Å². The second kappa shape index (κ2) is 12.3. The third kappa shape index (κ3) is 6.81. The molecule has 0 aliphatic carbocycles. The Hall–Kier alpha value is -3.41. The van der Waals surface area contributed by atoms with E-state index in [0.29, 0.717) is 6.54 Å². The van der Waals surface area contributed by atoms with Crippen LogP contribution in [-0.4, -0.2) is 62.1 Å². The first-order valence-electron chi connectivity index (χ1n) is 12.3. The number of carbonyl (C=O) groups is 1. The molecule has 1 amide bonds. The maximum atomic E-state index is 11.9. The van der Waals surface area contributed by atoms with Gasteiger partial charge in [0.05, 0.1) is 13.7 Å². The van der Waals surface area contributed by atoms with Crippen molar-refractivity contribution in [3.63, 3.8) is 0 Å². The Morgan fingerprint density at radius 1 is 1.00 bits per heavy atom. The summed E-state index contributed by atoms with van der Waals surface area (Å²) in [5, 5.41) is 2.92. The lowest BCUT2D eigenvalue weighted by Crippen LogP contribution is -2.49. The van der Waals surface area contributed by atoms with Gasteiger partial charge in [0.1, 0.15) is 5.75 Å². The molecule has 0 bridgehead atoms. The molecular weight excluding hydrogens is 434 g/mol. The minimum absolute atomic E-state index is 0.112. The van der Waals surface area contributed by atoms with E-state index >= 15 is 0 Å². The van der Waals surface area contributed by atoms with Crippen molar-refractivity contribution < 1.29 is 9.53 Å². The Kier molecular flexibility index (Phi) is 8.71. The Labute approximate surface area is 209 Å². The highest BCUT2D eigenvalue weighted by molar-refractivity contribution is 5.80. The molecule has 3 aromatic rings. The van der Waals surface area contributed by atoms with E-state index in [1.54, 1.807) is 7.11 Å². The monoisotopic (exact) mass is 469 g/mol. The molecule has 0 radical (unpaired) electrons. The number of nitrogens with one attached hydrogen (secondary N) is 1. The fourth-order valence-corrected chi connectivity index (χ4v) is 4.53. The van der Waals surface area contributed by atoms with Crippen LogP contribution in [0.15, 0.2) is 91.0 Å². The molecule has 4 rings (SSSR count). The molecule has 1 aliphatic rings. The molecule has 182 valence electrons. The van der Waals surface area contributed by atoms with E-state index in [2.05, 4.69) is 101 Å². The Balaban J connectivity index is 1.59. The average Bonchev–Trinajstić information content (AvgIpc) is 2.91. The predicted molar refractivity (Wildman–Crippen MR) is 142 cm³/mol. The van der Waals surface area contributed by atoms with Crippen molar-refractivity contribution >= 4 is 11.5 Å². The predicted octanol–water partition coefficient (Wildman–Crippen LogP) is 4.62. The maximum Gasteiger partial charge on any atom is 0.234 e. The number of carbonyl (C=O) groups excluding carboxylic acids is 1. The molecule has 1 saturated heterocycles. The van der Waals surface area contributed by atoms with Gasteiger partial charge in [0, 0.05) is 38.8 Å². The number of ether oxygens (including phenoxy) is 1. The number of amides is 1. The lowest BCUT2D eigenvalue weighted by atomic mass is 9.97. The van der Waals surface area contributed by atoms with Crippen molar-refractivity contribution in [2.75, 3.05) is 46.4 Å². The SMILES string of the molecule is COc1ccc([C@@H](C)N(CC=C(c2ccccc2)c2ccccc2)CCN2CCNC(=O)C2)cc1. The summed E-state index contributed by atoms with van der Waals surface area (Å²) in [6, 6.07) is 29.7. The molecule has 35 heavy (non-hydrogen) atoms. The molecule has 0 spiro atoms. The third-order valence-electron chi connectivity index (χ3n) is 6.67. The van der Waals surface area contributed by atoms with E-state index in [1.807, 2.05) is 12.1 Å². The summed E-state index contributed by atoms with van der Waals surface area (Å²) in [5.41, 5.74) is 4.90. The summed E-state index contributed by atoms with van der Waals surface area (Å²) >= 11 is 0. The number of benzene rings is 3. The average molecular weight is 470 g/mol. The molecule has 1 heterocycles. The lowest BCUT2D eigenvalue weighted by Gasteiger charge is -2.33. The quantitative estimate of drug-likeness (QED) is 0.471. The Morgan fingerprint density at radius 3 is 2.20 bits per heavy atom. The van der Waals surface area contributed by atoms with Gasteiger partial charge in [-0.25, -0.2) is 0 Å². The summed E-state index contributed by atoms with van der Waals surface area (Å²) < 4.78 is 5.36. The molecule has 3 aromatic carbocycles. The largest absolute Gasteiger partial charge is 0.497 e. The smallest absolute Gasteiger partial charge is 0.234 e. The van der Waals surface area contributed by atoms with Crippen LogP contribution in [0.3, 0.4) is 0 Å². The number of rotatable bonds is 10. The number of hydrogen-bond donors (Lipinski definition) is 1. The summed E-state index contributed by atoms with van der Waals surface area (Å²) in [5.74, 6) is 0.975. The van der Waals surface area contributed by atoms with Gasteiger partial charge in [0.2, 0.25) is 5.91 Å². The van der Waals surface area contributed by atoms with Crippen LogP contribution in [0, 0.1) is 0 Å². The van der Waals surface area contributed by atoms with Crippen LogP contribution in [0.1, 0.15) is 29.7 Å². The number of methoxy groups -OCH3 is 1. The van der Waals surface area contributed by atoms with Crippen LogP contribution in [0.5, 0.6) is 5.75 Å². The minimum atomic E-state index is 0.112. The topological polar surface area (TPSA) is 44.8 Å². The van der Waals surface area contributed by atoms with Crippen molar-refractivity contribution in [1.29, 1.82) is 0 Å². The first-order chi connectivity index (χ1) is 17.1. The van der Waals surface area contributed by atoms with Gasteiger partial charge in [-0.2, -0.15) is 0 Å². The first kappa shape index (κ1) is 24.7. The van der Waals surface area contributed by atoms with E-state index in [1.165, 1.54) is 22.3 Å². The lowest BCUT2D eigenvalue weighted by molar-refractivity contribution is -0.124. The molecule has 5 heteroatoms. The number of nitrogens with zero attached hydrogens (tertiary/aromatic N) is 2. The molecular formula is C30H35N3O2. The van der Waals surface area contributed by atoms with Gasteiger partial charge in [-0.3, -0.25) is 14.6 Å². The molecule has 1 fully saturated rings. The van der Waals surface area contributed by atoms with Crippen molar-refractivity contribution in [2.45, 2.75) is 13.0 Å². The normalized spacial score (nSPS) is 14.9. The molecule has 1 aliphatic heterocycles. The van der Waals surface area contributed by atoms with Gasteiger partial charge in [0.25, 0.3) is 0 Å². The van der Waals surface area contributed by atoms with Crippen LogP contribution in [0.25, 0.3) is 5.57 Å². The fourth-order valence-electron chi connectivity index (χ4n) is 4.53. The fraction of sp³-hybridized carbons (Fsp3) is 0.300. The highest BCUT2D eigenvalue weighted by atomic mass is 16.5. The van der Waals surface area contributed by atoms with Gasteiger partial charge in [-0.05, 0) is 41.3 Å². The third-order valence-corrected chi connectivity index (χ3v) is 6.67. The number of hydrogen-bond acceptors (Lipinski definition) is 4. The van der Waals surface area contributed by atoms with E-state index in [-0.39, 0.29) is 11.9 Å². The van der Waals surface area contributed by atoms with Crippen LogP contribution in [0.2, 0.25) is 0 Å². The van der Waals surface area contributed by atoms with E-state index < -0.39 is 0 Å². The van der Waals surface area contributed by atoms with Gasteiger partial charge >= 0.3 is 0 Å². The van der Waals surface area contributed by atoms with Crippen molar-refractivity contribution in [1.82, 2.24) is 15.1 Å². The summed E-state index contributed by atoms with van der Waals surface area (Å²) in [6.45, 7) is 6.86. The zero-order chi connectivity index (χ0) is 24.5. The summed E-state index contributed by atoms with van der Waals surface area (Å²) in [6.07, 6.45) is 2.34. The Morgan fingerprint density at radius 2 is 1.63 bits per heavy atom. The van der Waals surface area contributed by atoms with Gasteiger partial charge < -0.3 is 10.1 Å². The van der Waals surface area contributed by atoms with E-state index in [0.717, 1.165) is 38.5 Å². The van der Waals surface area contributed by atoms with Crippen molar-refractivity contribution in [2.24, 2.45) is 0 Å². The zero-order valence-corrected chi connectivity index (χ0v) is 20.7. The minimum Gasteiger partial charge on any atom is -0.497 e. The highest BCUT2D eigenvalue weighted by Gasteiger charge is 2.20. The first-order valence-corrected chi connectivity index (χ1v) is 12.3.